The van der Waals surface area contributed by atoms with Gasteiger partial charge in [0.15, 0.2) is 0 Å². The van der Waals surface area contributed by atoms with Crippen LogP contribution in [-0.2, 0) is 11.2 Å². The zero-order valence-corrected chi connectivity index (χ0v) is 15.9. The summed E-state index contributed by atoms with van der Waals surface area (Å²) in [6.45, 7) is 2.20. The molecule has 4 rings (SSSR count). The number of nitrogens with one attached hydrogen (secondary N) is 1. The molecular formula is C21H22N4OS. The number of aromatic nitrogens is 2. The molecule has 1 aliphatic rings. The Balaban J connectivity index is 1.32. The minimum Gasteiger partial charge on any atom is -0.371 e. The van der Waals surface area contributed by atoms with Gasteiger partial charge in [0, 0.05) is 54.2 Å². The number of anilines is 2. The summed E-state index contributed by atoms with van der Waals surface area (Å²) in [7, 11) is 0. The summed E-state index contributed by atoms with van der Waals surface area (Å²) in [5.41, 5.74) is 4.06. The van der Waals surface area contributed by atoms with Gasteiger partial charge in [0.2, 0.25) is 5.91 Å². The van der Waals surface area contributed by atoms with Gasteiger partial charge in [-0.25, -0.2) is 4.98 Å². The van der Waals surface area contributed by atoms with E-state index in [1.165, 1.54) is 18.5 Å². The average Bonchev–Trinajstić information content (AvgIpc) is 3.40. The molecule has 3 aromatic rings. The van der Waals surface area contributed by atoms with Gasteiger partial charge in [0.25, 0.3) is 0 Å². The van der Waals surface area contributed by atoms with Crippen LogP contribution in [0.4, 0.5) is 11.4 Å². The van der Waals surface area contributed by atoms with Crippen LogP contribution in [0.5, 0.6) is 0 Å². The topological polar surface area (TPSA) is 58.1 Å². The summed E-state index contributed by atoms with van der Waals surface area (Å²) < 4.78 is 0. The third-order valence-electron chi connectivity index (χ3n) is 4.69. The van der Waals surface area contributed by atoms with Crippen molar-refractivity contribution in [2.24, 2.45) is 0 Å². The van der Waals surface area contributed by atoms with Gasteiger partial charge in [-0.3, -0.25) is 9.78 Å². The summed E-state index contributed by atoms with van der Waals surface area (Å²) in [5, 5.41) is 6.01. The second-order valence-corrected chi connectivity index (χ2v) is 7.53. The fourth-order valence-corrected chi connectivity index (χ4v) is 4.13. The van der Waals surface area contributed by atoms with Crippen LogP contribution in [0, 0.1) is 0 Å². The van der Waals surface area contributed by atoms with Crippen molar-refractivity contribution in [3.05, 3.63) is 59.9 Å². The lowest BCUT2D eigenvalue weighted by molar-refractivity contribution is -0.116. The molecule has 3 heterocycles. The highest BCUT2D eigenvalue weighted by Gasteiger charge is 2.13. The lowest BCUT2D eigenvalue weighted by Gasteiger charge is -2.18. The zero-order valence-electron chi connectivity index (χ0n) is 15.1. The molecule has 5 nitrogen and oxygen atoms in total. The Hall–Kier alpha value is -2.73. The Morgan fingerprint density at radius 2 is 1.96 bits per heavy atom. The molecule has 0 spiro atoms. The standard InChI is InChI=1S/C21H22N4OS/c26-20(23-17-4-3-5-19(14-17)25-12-1-2-13-25)7-6-18-15-27-21(24-18)16-8-10-22-11-9-16/h3-5,8-11,14-15H,1-2,6-7,12-13H2,(H,23,26). The highest BCUT2D eigenvalue weighted by molar-refractivity contribution is 7.13. The number of hydrogen-bond donors (Lipinski definition) is 1. The number of nitrogens with zero attached hydrogens (tertiary/aromatic N) is 3. The van der Waals surface area contributed by atoms with E-state index in [1.807, 2.05) is 29.6 Å². The number of aryl methyl sites for hydroxylation is 1. The summed E-state index contributed by atoms with van der Waals surface area (Å²) in [4.78, 5) is 23.4. The Labute approximate surface area is 163 Å². The second kappa shape index (κ2) is 8.31. The van der Waals surface area contributed by atoms with E-state index in [2.05, 4.69) is 32.3 Å². The third-order valence-corrected chi connectivity index (χ3v) is 5.63. The van der Waals surface area contributed by atoms with Crippen LogP contribution in [0.3, 0.4) is 0 Å². The predicted molar refractivity (Wildman–Crippen MR) is 110 cm³/mol. The molecule has 1 aromatic carbocycles. The van der Waals surface area contributed by atoms with Crippen LogP contribution in [-0.4, -0.2) is 29.0 Å². The molecule has 1 fully saturated rings. The van der Waals surface area contributed by atoms with E-state index in [0.29, 0.717) is 12.8 Å². The first kappa shape index (κ1) is 17.7. The van der Waals surface area contributed by atoms with Gasteiger partial charge in [-0.15, -0.1) is 11.3 Å². The molecular weight excluding hydrogens is 356 g/mol. The fraction of sp³-hybridized carbons (Fsp3) is 0.286. The Kier molecular flexibility index (Phi) is 5.44. The van der Waals surface area contributed by atoms with Crippen molar-refractivity contribution in [2.75, 3.05) is 23.3 Å². The van der Waals surface area contributed by atoms with Crippen molar-refractivity contribution in [3.63, 3.8) is 0 Å². The van der Waals surface area contributed by atoms with Crippen molar-refractivity contribution in [2.45, 2.75) is 25.7 Å². The summed E-state index contributed by atoms with van der Waals surface area (Å²) in [5.74, 6) is 0.0204. The molecule has 1 amide bonds. The number of thiazole rings is 1. The predicted octanol–water partition coefficient (Wildman–Crippen LogP) is 4.38. The quantitative estimate of drug-likeness (QED) is 0.692. The van der Waals surface area contributed by atoms with Crippen molar-refractivity contribution < 1.29 is 4.79 Å². The van der Waals surface area contributed by atoms with Crippen LogP contribution in [0.25, 0.3) is 10.6 Å². The van der Waals surface area contributed by atoms with Gasteiger partial charge in [0.1, 0.15) is 5.01 Å². The van der Waals surface area contributed by atoms with Gasteiger partial charge in [-0.2, -0.15) is 0 Å². The molecule has 0 aliphatic carbocycles. The van der Waals surface area contributed by atoms with E-state index in [-0.39, 0.29) is 5.91 Å². The highest BCUT2D eigenvalue weighted by atomic mass is 32.1. The molecule has 0 saturated carbocycles. The largest absolute Gasteiger partial charge is 0.371 e. The third kappa shape index (κ3) is 4.52. The first-order valence-electron chi connectivity index (χ1n) is 9.27. The van der Waals surface area contributed by atoms with Crippen molar-refractivity contribution in [1.29, 1.82) is 0 Å². The normalized spacial score (nSPS) is 13.7. The Bertz CT molecular complexity index is 903. The van der Waals surface area contributed by atoms with Crippen molar-refractivity contribution in [3.8, 4) is 10.6 Å². The van der Waals surface area contributed by atoms with Crippen molar-refractivity contribution >= 4 is 28.6 Å². The summed E-state index contributed by atoms with van der Waals surface area (Å²) >= 11 is 1.60. The first-order valence-corrected chi connectivity index (χ1v) is 10.2. The van der Waals surface area contributed by atoms with Gasteiger partial charge in [0.05, 0.1) is 5.69 Å². The number of benzene rings is 1. The molecule has 27 heavy (non-hydrogen) atoms. The molecule has 0 bridgehead atoms. The lowest BCUT2D eigenvalue weighted by atomic mass is 10.2. The van der Waals surface area contributed by atoms with Gasteiger partial charge < -0.3 is 10.2 Å². The van der Waals surface area contributed by atoms with E-state index in [4.69, 9.17) is 0 Å². The number of rotatable bonds is 6. The minimum absolute atomic E-state index is 0.0204. The number of carbonyl (C=O) groups excluding carboxylic acids is 1. The SMILES string of the molecule is O=C(CCc1csc(-c2ccncc2)n1)Nc1cccc(N2CCCC2)c1. The van der Waals surface area contributed by atoms with E-state index >= 15 is 0 Å². The van der Waals surface area contributed by atoms with E-state index in [1.54, 1.807) is 23.7 Å². The number of amides is 1. The van der Waals surface area contributed by atoms with Crippen LogP contribution >= 0.6 is 11.3 Å². The van der Waals surface area contributed by atoms with E-state index < -0.39 is 0 Å². The molecule has 1 N–H and O–H groups in total. The Morgan fingerprint density at radius 1 is 1.15 bits per heavy atom. The summed E-state index contributed by atoms with van der Waals surface area (Å²) in [6, 6.07) is 12.0. The van der Waals surface area contributed by atoms with Gasteiger partial charge in [-0.05, 0) is 49.6 Å². The maximum Gasteiger partial charge on any atom is 0.224 e. The highest BCUT2D eigenvalue weighted by Crippen LogP contribution is 2.25. The van der Waals surface area contributed by atoms with E-state index in [9.17, 15) is 4.79 Å². The maximum absolute atomic E-state index is 12.3. The van der Waals surface area contributed by atoms with Crippen LogP contribution in [0.2, 0.25) is 0 Å². The van der Waals surface area contributed by atoms with Crippen LogP contribution in [0.15, 0.2) is 54.2 Å². The minimum atomic E-state index is 0.0204. The molecule has 1 aliphatic heterocycles. The van der Waals surface area contributed by atoms with Crippen LogP contribution < -0.4 is 10.2 Å². The lowest BCUT2D eigenvalue weighted by Crippen LogP contribution is -2.18. The van der Waals surface area contributed by atoms with E-state index in [0.717, 1.165) is 35.0 Å². The number of pyridine rings is 1. The van der Waals surface area contributed by atoms with Gasteiger partial charge in [-0.1, -0.05) is 6.07 Å². The monoisotopic (exact) mass is 378 g/mol. The second-order valence-electron chi connectivity index (χ2n) is 6.67. The first-order chi connectivity index (χ1) is 13.3. The molecule has 6 heteroatoms. The molecule has 0 atom stereocenters. The fourth-order valence-electron chi connectivity index (χ4n) is 3.27. The Morgan fingerprint density at radius 3 is 2.78 bits per heavy atom. The molecule has 2 aromatic heterocycles. The molecule has 0 radical (unpaired) electrons. The molecule has 138 valence electrons. The molecule has 1 saturated heterocycles. The van der Waals surface area contributed by atoms with Gasteiger partial charge >= 0.3 is 0 Å². The zero-order chi connectivity index (χ0) is 18.5. The number of hydrogen-bond acceptors (Lipinski definition) is 5. The smallest absolute Gasteiger partial charge is 0.224 e. The average molecular weight is 379 g/mol. The van der Waals surface area contributed by atoms with Crippen LogP contribution in [0.1, 0.15) is 25.0 Å². The maximum atomic E-state index is 12.3. The van der Waals surface area contributed by atoms with Crippen molar-refractivity contribution in [1.82, 2.24) is 9.97 Å². The molecule has 0 unspecified atom stereocenters. The number of carbonyl (C=O) groups is 1. The summed E-state index contributed by atoms with van der Waals surface area (Å²) in [6.07, 6.45) is 7.07.